The number of carbonyl (C=O) groups is 4. The van der Waals surface area contributed by atoms with Crippen LogP contribution < -0.4 is 16.2 Å². The van der Waals surface area contributed by atoms with Gasteiger partial charge >= 0.3 is 0 Å². The molecule has 1 aliphatic heterocycles. The number of rotatable bonds is 17. The van der Waals surface area contributed by atoms with Crippen LogP contribution in [0.3, 0.4) is 0 Å². The number of halogens is 3. The van der Waals surface area contributed by atoms with Crippen LogP contribution >= 0.6 is 0 Å². The summed E-state index contributed by atoms with van der Waals surface area (Å²) < 4.78 is 46.3. The van der Waals surface area contributed by atoms with Gasteiger partial charge in [0, 0.05) is 84.6 Å². The van der Waals surface area contributed by atoms with Crippen molar-refractivity contribution in [3.8, 4) is 11.1 Å². The Labute approximate surface area is 356 Å². The van der Waals surface area contributed by atoms with Crippen LogP contribution in [0.15, 0.2) is 83.8 Å². The largest absolute Gasteiger partial charge is 0.520 e. The van der Waals surface area contributed by atoms with E-state index < -0.39 is 36.4 Å². The van der Waals surface area contributed by atoms with E-state index in [9.17, 15) is 41.9 Å². The quantitative estimate of drug-likeness (QED) is 0.0545. The smallest absolute Gasteiger partial charge is 0.272 e. The van der Waals surface area contributed by atoms with Gasteiger partial charge in [0.2, 0.25) is 18.2 Å². The maximum atomic E-state index is 15.0. The molecule has 20 heteroatoms. The van der Waals surface area contributed by atoms with Gasteiger partial charge in [-0.3, -0.25) is 24.0 Å². The molecule has 3 aromatic carbocycles. The van der Waals surface area contributed by atoms with Crippen molar-refractivity contribution in [1.82, 2.24) is 35.2 Å². The summed E-state index contributed by atoms with van der Waals surface area (Å²) in [5, 5.41) is 13.0. The molecule has 333 valence electrons. The first-order chi connectivity index (χ1) is 29.4. The van der Waals surface area contributed by atoms with E-state index in [-0.39, 0.29) is 102 Å². The molecule has 1 aliphatic rings. The van der Waals surface area contributed by atoms with Gasteiger partial charge in [-0.25, -0.2) is 23.3 Å². The van der Waals surface area contributed by atoms with Crippen molar-refractivity contribution >= 4 is 54.9 Å². The predicted molar refractivity (Wildman–Crippen MR) is 224 cm³/mol. The molecule has 0 aliphatic carbocycles. The Balaban J connectivity index is 0.00000436. The Morgan fingerprint density at radius 1 is 0.921 bits per heavy atom. The number of benzene rings is 3. The first-order valence-electron chi connectivity index (χ1n) is 19.4. The van der Waals surface area contributed by atoms with Crippen LogP contribution in [0, 0.1) is 5.82 Å². The number of nitrogens with one attached hydrogen (secondary N) is 3. The molecule has 1 fully saturated rings. The number of H-pyrrole nitrogens is 1. The molecular weight excluding hydrogens is 1070 g/mol. The number of piperazine rings is 1. The monoisotopic (exact) mass is 1110 g/mol. The van der Waals surface area contributed by atoms with Crippen LogP contribution in [0.5, 0.6) is 0 Å². The second-order valence-electron chi connectivity index (χ2n) is 14.2. The average molecular weight is 1110 g/mol. The summed E-state index contributed by atoms with van der Waals surface area (Å²) in [7, 11) is 0. The number of aromatic amines is 1. The van der Waals surface area contributed by atoms with Gasteiger partial charge in [0.25, 0.3) is 17.4 Å². The molecule has 3 N–H and O–H groups in total. The van der Waals surface area contributed by atoms with Gasteiger partial charge in [0.15, 0.2) is 5.69 Å². The molecule has 0 spiro atoms. The third-order valence-electron chi connectivity index (χ3n) is 9.88. The van der Waals surface area contributed by atoms with Gasteiger partial charge in [-0.1, -0.05) is 48.5 Å². The Bertz CT molecular complexity index is 2490. The van der Waals surface area contributed by atoms with Gasteiger partial charge in [0.1, 0.15) is 5.82 Å². The zero-order valence-corrected chi connectivity index (χ0v) is 36.4. The summed E-state index contributed by atoms with van der Waals surface area (Å²) in [4.78, 5) is 83.5. The van der Waals surface area contributed by atoms with Crippen LogP contribution in [0.2, 0.25) is 0 Å². The molecule has 0 bridgehead atoms. The fraction of sp³-hybridized carbons (Fsp3) is 0.302. The summed E-state index contributed by atoms with van der Waals surface area (Å²) in [5.41, 5.74) is 2.32. The molecule has 1 saturated heterocycles. The second kappa shape index (κ2) is 22.1. The minimum absolute atomic E-state index is 0. The van der Waals surface area contributed by atoms with Crippen LogP contribution in [0.4, 0.5) is 18.9 Å². The maximum Gasteiger partial charge on any atom is 0.272 e. The van der Waals surface area contributed by atoms with E-state index >= 15 is 0 Å². The Kier molecular flexibility index (Phi) is 16.8. The number of hydrogen-bond acceptors (Lipinski definition) is 9. The molecule has 15 nitrogen and oxygen atoms in total. The summed E-state index contributed by atoms with van der Waals surface area (Å²) in [6, 6.07) is 19.3. The van der Waals surface area contributed by atoms with Crippen LogP contribution in [-0.4, -0.2) is 134 Å². The minimum atomic E-state index is -2.51. The van der Waals surface area contributed by atoms with Gasteiger partial charge in [-0.2, -0.15) is 11.5 Å². The SMILES string of the molecule is CC(=O)Nc1cc(-c2cccc(CC(F)F)c2)cnc1C(=O)NCCOCCN([C-]=O)CC(=O)N1CCN(C(=O)c2cc(Cc3n[nH]c(=O)c4ccccc34)ccc2F)CC1.[B].[Fm]. The Hall–Kier alpha value is -7.89. The standard InChI is InChI=1S/C43H42F3N8O7.B.Fm/c1-27(56)49-37-23-31(30-6-4-5-28(19-30)22-38(45)46)24-48-40(37)42(59)47-11-17-61-18-16-52(26-55)25-39(57)53-12-14-54(15-13-53)43(60)34-20-29(9-10-35(34)44)21-36-32-7-2-3-8-33(32)41(58)51-50-36;;/h2-10,19-20,23-24,38H,11-18,21-22,25H2,1H3,(H,47,59)(H,49,56)(H,51,58);;/q-1;;. The number of aromatic nitrogens is 3. The van der Waals surface area contributed by atoms with E-state index in [1.54, 1.807) is 61.0 Å². The fourth-order valence-electron chi connectivity index (χ4n) is 6.84. The van der Waals surface area contributed by atoms with E-state index in [1.807, 2.05) is 0 Å². The number of fused-ring (bicyclic) bond motifs is 1. The number of anilines is 1. The van der Waals surface area contributed by atoms with Crippen molar-refractivity contribution in [2.75, 3.05) is 64.3 Å². The first kappa shape index (κ1) is 47.8. The predicted octanol–water partition coefficient (Wildman–Crippen LogP) is 3.20. The first-order valence-corrected chi connectivity index (χ1v) is 19.4. The van der Waals surface area contributed by atoms with Crippen molar-refractivity contribution in [3.63, 3.8) is 0 Å². The molecule has 0 unspecified atom stereocenters. The summed E-state index contributed by atoms with van der Waals surface area (Å²) >= 11 is 0. The molecule has 3 heterocycles. The van der Waals surface area contributed by atoms with Crippen molar-refractivity contribution in [2.24, 2.45) is 0 Å². The Morgan fingerprint density at radius 2 is 1.65 bits per heavy atom. The molecule has 5 amide bonds. The van der Waals surface area contributed by atoms with Crippen LogP contribution in [-0.2, 0) is 32.0 Å². The van der Waals surface area contributed by atoms with Gasteiger partial charge in [-0.15, -0.1) is 0 Å². The van der Waals surface area contributed by atoms with Crippen LogP contribution in [0.25, 0.3) is 21.9 Å². The zero-order valence-electron chi connectivity index (χ0n) is 34.0. The van der Waals surface area contributed by atoms with Crippen LogP contribution in [0.1, 0.15) is 44.6 Å². The molecule has 2 aromatic heterocycles. The van der Waals surface area contributed by atoms with E-state index in [4.69, 9.17) is 4.74 Å². The molecule has 6 rings (SSSR count). The van der Waals surface area contributed by atoms with E-state index in [1.165, 1.54) is 41.1 Å². The number of alkyl halides is 2. The third-order valence-corrected chi connectivity index (χ3v) is 9.88. The topological polar surface area (TPSA) is 187 Å². The van der Waals surface area contributed by atoms with Crippen molar-refractivity contribution in [1.29, 1.82) is 0 Å². The van der Waals surface area contributed by atoms with Crippen molar-refractivity contribution in [2.45, 2.75) is 26.2 Å². The molecule has 3 radical (unpaired) electrons. The van der Waals surface area contributed by atoms with E-state index in [2.05, 4.69) is 25.8 Å². The van der Waals surface area contributed by atoms with E-state index in [0.717, 1.165) is 4.90 Å². The van der Waals surface area contributed by atoms with Gasteiger partial charge < -0.3 is 34.9 Å². The van der Waals surface area contributed by atoms with Gasteiger partial charge in [0.05, 0.1) is 42.1 Å². The molecule has 63 heavy (non-hydrogen) atoms. The molecular formula is C43H42BF3FmN8O7-. The summed E-state index contributed by atoms with van der Waals surface area (Å²) in [6.45, 7) is 1.73. The summed E-state index contributed by atoms with van der Waals surface area (Å²) in [6.07, 6.45) is 0.443. The number of hydrogen-bond donors (Lipinski definition) is 3. The average Bonchev–Trinajstić information content (AvgIpc) is 3.25. The van der Waals surface area contributed by atoms with Crippen molar-refractivity contribution in [3.05, 3.63) is 123 Å². The van der Waals surface area contributed by atoms with E-state index in [0.29, 0.717) is 38.7 Å². The number of nitrogens with zero attached hydrogens (tertiary/aromatic N) is 5. The normalized spacial score (nSPS) is 12.3. The molecule has 0 saturated carbocycles. The third kappa shape index (κ3) is 12.3. The Morgan fingerprint density at radius 3 is 2.37 bits per heavy atom. The maximum absolute atomic E-state index is 15.0. The van der Waals surface area contributed by atoms with Crippen molar-refractivity contribution < 1.29 is 41.9 Å². The summed E-state index contributed by atoms with van der Waals surface area (Å²) in [5.74, 6) is -2.64. The number of amides is 5. The fourth-order valence-corrected chi connectivity index (χ4v) is 6.84. The zero-order chi connectivity index (χ0) is 43.5. The number of ether oxygens (including phenoxy) is 1. The second-order valence-corrected chi connectivity index (χ2v) is 14.2. The molecule has 0 atom stereocenters. The number of pyridine rings is 1. The molecule has 5 aromatic rings. The minimum Gasteiger partial charge on any atom is -0.520 e. The van der Waals surface area contributed by atoms with Gasteiger partial charge in [-0.05, 0) is 41.0 Å². The number of carbonyl (C=O) groups excluding carboxylic acids is 5.